The first-order chi connectivity index (χ1) is 10.7. The lowest BCUT2D eigenvalue weighted by molar-refractivity contribution is 0.501. The van der Waals surface area contributed by atoms with Gasteiger partial charge in [0, 0.05) is 6.20 Å². The second kappa shape index (κ2) is 5.28. The highest BCUT2D eigenvalue weighted by molar-refractivity contribution is 7.90. The maximum atomic E-state index is 13.2. The van der Waals surface area contributed by atoms with Crippen LogP contribution in [0.1, 0.15) is 0 Å². The van der Waals surface area contributed by atoms with Crippen LogP contribution in [0.5, 0.6) is 0 Å². The molecule has 0 aliphatic rings. The molecule has 0 amide bonds. The zero-order valence-corrected chi connectivity index (χ0v) is 12.9. The molecule has 4 nitrogen and oxygen atoms in total. The quantitative estimate of drug-likeness (QED) is 0.676. The smallest absolute Gasteiger partial charge is 0.445 e. The van der Waals surface area contributed by atoms with Gasteiger partial charge in [-0.15, -0.1) is 0 Å². The number of aromatic nitrogens is 2. The Morgan fingerprint density at radius 2 is 1.78 bits per heavy atom. The van der Waals surface area contributed by atoms with Gasteiger partial charge in [-0.3, -0.25) is 0 Å². The lowest BCUT2D eigenvalue weighted by atomic mass is 9.80. The van der Waals surface area contributed by atoms with Gasteiger partial charge in [0.05, 0.1) is 9.92 Å². The molecule has 0 fully saturated rings. The Morgan fingerprint density at radius 3 is 2.39 bits per heavy atom. The van der Waals surface area contributed by atoms with Crippen molar-refractivity contribution in [2.75, 3.05) is 0 Å². The first kappa shape index (κ1) is 15.9. The molecule has 0 aliphatic carbocycles. The van der Waals surface area contributed by atoms with Gasteiger partial charge in [0.15, 0.2) is 5.65 Å². The second-order valence-electron chi connectivity index (χ2n) is 4.80. The minimum atomic E-state index is -5.42. The van der Waals surface area contributed by atoms with E-state index in [1.807, 2.05) is 0 Å². The third-order valence-corrected chi connectivity index (χ3v) is 5.13. The van der Waals surface area contributed by atoms with E-state index in [9.17, 15) is 21.4 Å². The number of halogens is 4. The van der Waals surface area contributed by atoms with Crippen LogP contribution in [0.15, 0.2) is 53.7 Å². The summed E-state index contributed by atoms with van der Waals surface area (Å²) in [5.41, 5.74) is -1.36. The second-order valence-corrected chi connectivity index (χ2v) is 7.05. The summed E-state index contributed by atoms with van der Waals surface area (Å²) in [5.74, 6) is 0. The molecule has 0 radical (unpaired) electrons. The highest BCUT2D eigenvalue weighted by atomic mass is 35.5. The summed E-state index contributed by atoms with van der Waals surface area (Å²) in [6.07, 6.45) is 1.66. The molecule has 0 saturated heterocycles. The fourth-order valence-corrected chi connectivity index (χ4v) is 3.74. The molecule has 2 heterocycles. The van der Waals surface area contributed by atoms with E-state index in [0.717, 1.165) is 12.3 Å². The van der Waals surface area contributed by atoms with E-state index in [1.165, 1.54) is 24.3 Å². The zero-order valence-electron chi connectivity index (χ0n) is 11.3. The molecule has 3 rings (SSSR count). The highest BCUT2D eigenvalue weighted by Gasteiger charge is 2.32. The summed E-state index contributed by atoms with van der Waals surface area (Å²) in [4.78, 5) is 3.64. The van der Waals surface area contributed by atoms with Crippen molar-refractivity contribution in [3.8, 4) is 0 Å². The van der Waals surface area contributed by atoms with E-state index in [-0.39, 0.29) is 21.0 Å². The number of hydrogen-bond donors (Lipinski definition) is 0. The standard InChI is InChI=1S/C13H8BClF3N2O2S/c15-9-6-11-12(14(16,17)18)8-20(13(11)19-7-9)23(21,22)10-4-2-1-3-5-10/h1-8H/q-1. The molecule has 0 bridgehead atoms. The Balaban J connectivity index is 2.36. The van der Waals surface area contributed by atoms with Crippen molar-refractivity contribution in [1.29, 1.82) is 0 Å². The highest BCUT2D eigenvalue weighted by Crippen LogP contribution is 2.25. The van der Waals surface area contributed by atoms with Crippen molar-refractivity contribution in [2.24, 2.45) is 0 Å². The van der Waals surface area contributed by atoms with Crippen LogP contribution in [0.3, 0.4) is 0 Å². The summed E-state index contributed by atoms with van der Waals surface area (Å²) >= 11 is 5.70. The number of fused-ring (bicyclic) bond motifs is 1. The zero-order chi connectivity index (χ0) is 16.8. The van der Waals surface area contributed by atoms with Crippen molar-refractivity contribution >= 4 is 45.1 Å². The number of rotatable bonds is 3. The molecule has 0 atom stereocenters. The van der Waals surface area contributed by atoms with Gasteiger partial charge in [-0.2, -0.15) is 0 Å². The van der Waals surface area contributed by atoms with Gasteiger partial charge in [0.2, 0.25) is 0 Å². The summed E-state index contributed by atoms with van der Waals surface area (Å²) in [6, 6.07) is 8.24. The average molecular weight is 360 g/mol. The number of pyridine rings is 1. The van der Waals surface area contributed by atoms with Crippen LogP contribution in [0.4, 0.5) is 12.9 Å². The Kier molecular flexibility index (Phi) is 3.64. The van der Waals surface area contributed by atoms with Crippen molar-refractivity contribution in [2.45, 2.75) is 4.90 Å². The van der Waals surface area contributed by atoms with Crippen LogP contribution in [0.2, 0.25) is 5.02 Å². The molecule has 23 heavy (non-hydrogen) atoms. The van der Waals surface area contributed by atoms with E-state index >= 15 is 0 Å². The molecule has 3 aromatic rings. The Hall–Kier alpha value is -2.00. The monoisotopic (exact) mass is 359 g/mol. The average Bonchev–Trinajstić information content (AvgIpc) is 2.87. The van der Waals surface area contributed by atoms with Crippen LogP contribution in [-0.2, 0) is 10.0 Å². The van der Waals surface area contributed by atoms with Crippen molar-refractivity contribution in [3.05, 3.63) is 53.8 Å². The Labute approximate surface area is 134 Å². The van der Waals surface area contributed by atoms with Crippen LogP contribution in [0, 0.1) is 0 Å². The Bertz CT molecular complexity index is 988. The molecule has 0 N–H and O–H groups in total. The summed E-state index contributed by atoms with van der Waals surface area (Å²) in [7, 11) is -4.20. The van der Waals surface area contributed by atoms with Crippen LogP contribution in [-0.4, -0.2) is 24.4 Å². The van der Waals surface area contributed by atoms with E-state index < -0.39 is 22.5 Å². The summed E-state index contributed by atoms with van der Waals surface area (Å²) < 4.78 is 65.5. The normalized spacial score (nSPS) is 12.7. The fraction of sp³-hybridized carbons (Fsp3) is 0. The Morgan fingerprint density at radius 1 is 1.13 bits per heavy atom. The lowest BCUT2D eigenvalue weighted by Crippen LogP contribution is -2.33. The van der Waals surface area contributed by atoms with Gasteiger partial charge < -0.3 is 12.9 Å². The minimum absolute atomic E-state index is 0.00587. The maximum Gasteiger partial charge on any atom is 0.511 e. The number of hydrogen-bond acceptors (Lipinski definition) is 3. The summed E-state index contributed by atoms with van der Waals surface area (Å²) in [5, 5.41) is -0.349. The molecule has 0 saturated carbocycles. The minimum Gasteiger partial charge on any atom is -0.445 e. The molecule has 1 aromatic carbocycles. The first-order valence-corrected chi connectivity index (χ1v) is 8.20. The van der Waals surface area contributed by atoms with E-state index in [1.54, 1.807) is 6.07 Å². The van der Waals surface area contributed by atoms with Crippen LogP contribution in [0.25, 0.3) is 11.0 Å². The molecular weight excluding hydrogens is 351 g/mol. The predicted octanol–water partition coefficient (Wildman–Crippen LogP) is 2.98. The number of nitrogens with zero attached hydrogens (tertiary/aromatic N) is 2. The maximum absolute atomic E-state index is 13.2. The molecule has 2 aromatic heterocycles. The third-order valence-electron chi connectivity index (χ3n) is 3.26. The molecule has 0 unspecified atom stereocenters. The number of benzene rings is 1. The third kappa shape index (κ3) is 2.70. The van der Waals surface area contributed by atoms with E-state index in [0.29, 0.717) is 10.2 Å². The lowest BCUT2D eigenvalue weighted by Gasteiger charge is -2.12. The largest absolute Gasteiger partial charge is 0.511 e. The molecule has 120 valence electrons. The van der Waals surface area contributed by atoms with Crippen molar-refractivity contribution < 1.29 is 21.4 Å². The molecule has 0 spiro atoms. The van der Waals surface area contributed by atoms with Gasteiger partial charge >= 0.3 is 6.98 Å². The topological polar surface area (TPSA) is 52.0 Å². The van der Waals surface area contributed by atoms with E-state index in [4.69, 9.17) is 11.6 Å². The fourth-order valence-electron chi connectivity index (χ4n) is 2.23. The SMILES string of the molecule is O=S(=O)(c1ccccc1)n1cc([B-](F)(F)F)c2cc(Cl)cnc21. The van der Waals surface area contributed by atoms with Gasteiger partial charge in [-0.25, -0.2) is 17.4 Å². The predicted molar refractivity (Wildman–Crippen MR) is 82.5 cm³/mol. The van der Waals surface area contributed by atoms with Crippen LogP contribution < -0.4 is 5.46 Å². The van der Waals surface area contributed by atoms with Crippen LogP contribution >= 0.6 is 11.6 Å². The van der Waals surface area contributed by atoms with E-state index in [2.05, 4.69) is 4.98 Å². The summed E-state index contributed by atoms with van der Waals surface area (Å²) in [6.45, 7) is -5.42. The molecule has 0 aliphatic heterocycles. The molecule has 10 heteroatoms. The van der Waals surface area contributed by atoms with Gasteiger partial charge in [-0.1, -0.05) is 35.3 Å². The van der Waals surface area contributed by atoms with Gasteiger partial charge in [0.25, 0.3) is 10.0 Å². The molecular formula is C13H8BClF3N2O2S-. The van der Waals surface area contributed by atoms with Crippen molar-refractivity contribution in [1.82, 2.24) is 8.96 Å². The van der Waals surface area contributed by atoms with Gasteiger partial charge in [0.1, 0.15) is 0 Å². The van der Waals surface area contributed by atoms with Gasteiger partial charge in [-0.05, 0) is 29.8 Å². The first-order valence-electron chi connectivity index (χ1n) is 6.38. The van der Waals surface area contributed by atoms with Crippen molar-refractivity contribution in [3.63, 3.8) is 0 Å².